The average Bonchev–Trinajstić information content (AvgIpc) is 3.10. The molecule has 0 unspecified atom stereocenters. The highest BCUT2D eigenvalue weighted by Gasteiger charge is 2.15. The molecule has 0 N–H and O–H groups in total. The average molecular weight is 424 g/mol. The van der Waals surface area contributed by atoms with E-state index in [0.29, 0.717) is 63.4 Å². The highest BCUT2D eigenvalue weighted by molar-refractivity contribution is 7.15. The summed E-state index contributed by atoms with van der Waals surface area (Å²) >= 11 is 1.49. The predicted octanol–water partition coefficient (Wildman–Crippen LogP) is 3.78. The van der Waals surface area contributed by atoms with Crippen LogP contribution in [-0.2, 0) is 14.2 Å². The van der Waals surface area contributed by atoms with Gasteiger partial charge in [-0.2, -0.15) is 0 Å². The van der Waals surface area contributed by atoms with Crippen LogP contribution in [0.5, 0.6) is 11.5 Å². The van der Waals surface area contributed by atoms with E-state index in [4.69, 9.17) is 23.7 Å². The van der Waals surface area contributed by atoms with E-state index in [1.54, 1.807) is 7.11 Å². The Morgan fingerprint density at radius 1 is 1.00 bits per heavy atom. The number of Topliss-reactive ketones (excluding diaryl/α,β-unsaturated/α-hetero) is 1. The zero-order valence-corrected chi connectivity index (χ0v) is 18.3. The van der Waals surface area contributed by atoms with Gasteiger partial charge in [-0.15, -0.1) is 11.3 Å². The minimum absolute atomic E-state index is 0.0286. The first-order valence-electron chi connectivity index (χ1n) is 9.59. The molecule has 8 heteroatoms. The number of ketones is 1. The summed E-state index contributed by atoms with van der Waals surface area (Å²) in [6.07, 6.45) is 0. The molecule has 0 bridgehead atoms. The first kappa shape index (κ1) is 23.3. The second-order valence-corrected chi connectivity index (χ2v) is 7.34. The van der Waals surface area contributed by atoms with Crippen molar-refractivity contribution in [2.24, 2.45) is 0 Å². The van der Waals surface area contributed by atoms with Crippen molar-refractivity contribution in [2.45, 2.75) is 20.8 Å². The summed E-state index contributed by atoms with van der Waals surface area (Å²) in [6.45, 7) is 8.91. The number of aromatic nitrogens is 1. The minimum Gasteiger partial charge on any atom is -0.490 e. The molecule has 1 aromatic carbocycles. The smallest absolute Gasteiger partial charge is 0.179 e. The lowest BCUT2D eigenvalue weighted by atomic mass is 10.2. The van der Waals surface area contributed by atoms with Gasteiger partial charge in [-0.05, 0) is 32.0 Å². The van der Waals surface area contributed by atoms with Crippen molar-refractivity contribution in [2.75, 3.05) is 53.4 Å². The quantitative estimate of drug-likeness (QED) is 0.338. The molecule has 0 aliphatic rings. The Morgan fingerprint density at radius 2 is 1.69 bits per heavy atom. The molecule has 0 radical (unpaired) electrons. The van der Waals surface area contributed by atoms with Gasteiger partial charge in [0.15, 0.2) is 17.3 Å². The van der Waals surface area contributed by atoms with Crippen LogP contribution in [0.15, 0.2) is 18.2 Å². The number of thiazole rings is 1. The van der Waals surface area contributed by atoms with Gasteiger partial charge in [-0.25, -0.2) is 4.98 Å². The third-order valence-electron chi connectivity index (χ3n) is 3.91. The third kappa shape index (κ3) is 7.40. The number of benzene rings is 1. The molecule has 1 aromatic heterocycles. The highest BCUT2D eigenvalue weighted by atomic mass is 32.1. The molecule has 160 valence electrons. The van der Waals surface area contributed by atoms with E-state index >= 15 is 0 Å². The van der Waals surface area contributed by atoms with Crippen LogP contribution in [0, 0.1) is 6.92 Å². The van der Waals surface area contributed by atoms with Gasteiger partial charge in [0, 0.05) is 24.5 Å². The van der Waals surface area contributed by atoms with Gasteiger partial charge in [0.05, 0.1) is 39.6 Å². The number of carbonyl (C=O) groups is 1. The number of carbonyl (C=O) groups excluding carboxylic acids is 1. The summed E-state index contributed by atoms with van der Waals surface area (Å²) < 4.78 is 27.3. The van der Waals surface area contributed by atoms with Crippen molar-refractivity contribution in [3.8, 4) is 22.1 Å². The van der Waals surface area contributed by atoms with Crippen LogP contribution >= 0.6 is 11.3 Å². The molecule has 0 saturated carbocycles. The minimum atomic E-state index is -0.0286. The second kappa shape index (κ2) is 12.5. The van der Waals surface area contributed by atoms with Crippen LogP contribution in [-0.4, -0.2) is 64.1 Å². The van der Waals surface area contributed by atoms with E-state index < -0.39 is 0 Å². The zero-order valence-electron chi connectivity index (χ0n) is 17.5. The number of rotatable bonds is 14. The van der Waals surface area contributed by atoms with Crippen LogP contribution in [0.2, 0.25) is 0 Å². The maximum Gasteiger partial charge on any atom is 0.179 e. The number of nitrogens with zero attached hydrogens (tertiary/aromatic N) is 1. The highest BCUT2D eigenvalue weighted by Crippen LogP contribution is 2.35. The molecule has 0 aliphatic carbocycles. The Hall–Kier alpha value is -2.00. The fourth-order valence-corrected chi connectivity index (χ4v) is 3.51. The van der Waals surface area contributed by atoms with E-state index in [0.717, 1.165) is 15.4 Å². The lowest BCUT2D eigenvalue weighted by molar-refractivity contribution is 0.0178. The summed E-state index contributed by atoms with van der Waals surface area (Å²) in [5, 5.41) is 0.789. The molecule has 0 atom stereocenters. The van der Waals surface area contributed by atoms with E-state index in [2.05, 4.69) is 4.98 Å². The van der Waals surface area contributed by atoms with Gasteiger partial charge in [0.1, 0.15) is 17.3 Å². The van der Waals surface area contributed by atoms with Crippen molar-refractivity contribution < 1.29 is 28.5 Å². The molecular formula is C21H29NO6S. The topological polar surface area (TPSA) is 76.1 Å². The second-order valence-electron chi connectivity index (χ2n) is 6.14. The van der Waals surface area contributed by atoms with Crippen molar-refractivity contribution in [3.05, 3.63) is 28.8 Å². The Morgan fingerprint density at radius 3 is 2.31 bits per heavy atom. The molecule has 0 aliphatic heterocycles. The molecule has 0 fully saturated rings. The molecule has 0 saturated heterocycles. The molecule has 0 amide bonds. The molecule has 1 heterocycles. The molecule has 29 heavy (non-hydrogen) atoms. The van der Waals surface area contributed by atoms with E-state index in [9.17, 15) is 4.79 Å². The SMILES string of the molecule is CCOc1cc(-c2nc(C(C)=O)c(C)s2)ccc1OCCOCCOCCOC. The van der Waals surface area contributed by atoms with Gasteiger partial charge in [0.25, 0.3) is 0 Å². The maximum absolute atomic E-state index is 11.7. The van der Waals surface area contributed by atoms with E-state index in [1.165, 1.54) is 18.3 Å². The summed E-state index contributed by atoms with van der Waals surface area (Å²) in [4.78, 5) is 17.0. The van der Waals surface area contributed by atoms with E-state index in [-0.39, 0.29) is 5.78 Å². The summed E-state index contributed by atoms with van der Waals surface area (Å²) in [6, 6.07) is 5.68. The number of ether oxygens (including phenoxy) is 5. The number of hydrogen-bond donors (Lipinski definition) is 0. The largest absolute Gasteiger partial charge is 0.490 e. The Labute approximate surface area is 175 Å². The molecule has 0 spiro atoms. The van der Waals surface area contributed by atoms with Crippen molar-refractivity contribution in [3.63, 3.8) is 0 Å². The zero-order chi connectivity index (χ0) is 21.1. The van der Waals surface area contributed by atoms with Crippen LogP contribution in [0.4, 0.5) is 0 Å². The van der Waals surface area contributed by atoms with Gasteiger partial charge in [0.2, 0.25) is 0 Å². The Kier molecular flexibility index (Phi) is 10.1. The molecule has 2 aromatic rings. The van der Waals surface area contributed by atoms with Gasteiger partial charge in [-0.1, -0.05) is 0 Å². The van der Waals surface area contributed by atoms with Gasteiger partial charge >= 0.3 is 0 Å². The standard InChI is InChI=1S/C21H29NO6S/c1-5-27-19-14-17(21-22-20(15(2)23)16(3)29-21)6-7-18(19)28-13-12-26-11-10-25-9-8-24-4/h6-7,14H,5,8-13H2,1-4H3. The third-order valence-corrected chi connectivity index (χ3v) is 4.93. The van der Waals surface area contributed by atoms with Crippen molar-refractivity contribution >= 4 is 17.1 Å². The van der Waals surface area contributed by atoms with Crippen molar-refractivity contribution in [1.29, 1.82) is 0 Å². The number of aryl methyl sites for hydroxylation is 1. The Bertz CT molecular complexity index is 777. The van der Waals surface area contributed by atoms with Crippen molar-refractivity contribution in [1.82, 2.24) is 4.98 Å². The fraction of sp³-hybridized carbons (Fsp3) is 0.524. The molecular weight excluding hydrogens is 394 g/mol. The summed E-state index contributed by atoms with van der Waals surface area (Å²) in [5.41, 5.74) is 1.41. The lowest BCUT2D eigenvalue weighted by Crippen LogP contribution is -2.12. The predicted molar refractivity (Wildman–Crippen MR) is 112 cm³/mol. The van der Waals surface area contributed by atoms with Crippen LogP contribution in [0.3, 0.4) is 0 Å². The first-order chi connectivity index (χ1) is 14.1. The molecule has 2 rings (SSSR count). The maximum atomic E-state index is 11.7. The van der Waals surface area contributed by atoms with Crippen LogP contribution < -0.4 is 9.47 Å². The monoisotopic (exact) mass is 423 g/mol. The molecule has 7 nitrogen and oxygen atoms in total. The van der Waals surface area contributed by atoms with E-state index in [1.807, 2.05) is 32.0 Å². The number of methoxy groups -OCH3 is 1. The van der Waals surface area contributed by atoms with Gasteiger partial charge < -0.3 is 23.7 Å². The van der Waals surface area contributed by atoms with Crippen LogP contribution in [0.1, 0.15) is 29.2 Å². The first-order valence-corrected chi connectivity index (χ1v) is 10.4. The van der Waals surface area contributed by atoms with Gasteiger partial charge in [-0.3, -0.25) is 4.79 Å². The normalized spacial score (nSPS) is 10.9. The summed E-state index contributed by atoms with van der Waals surface area (Å²) in [7, 11) is 1.64. The number of hydrogen-bond acceptors (Lipinski definition) is 8. The lowest BCUT2D eigenvalue weighted by Gasteiger charge is -2.13. The Balaban J connectivity index is 1.91. The summed E-state index contributed by atoms with van der Waals surface area (Å²) in [5.74, 6) is 1.26. The van der Waals surface area contributed by atoms with Crippen LogP contribution in [0.25, 0.3) is 10.6 Å². The fourth-order valence-electron chi connectivity index (χ4n) is 2.55.